The molecule has 0 aromatic rings. The van der Waals surface area contributed by atoms with Crippen LogP contribution in [0.3, 0.4) is 0 Å². The van der Waals surface area contributed by atoms with Crippen molar-refractivity contribution in [2.45, 2.75) is 94.3 Å². The van der Waals surface area contributed by atoms with Crippen molar-refractivity contribution < 1.29 is 10.2 Å². The number of aliphatic hydroxyl groups excluding tert-OH is 2. The van der Waals surface area contributed by atoms with Crippen LogP contribution in [0.2, 0.25) is 0 Å². The average Bonchev–Trinajstić information content (AvgIpc) is 2.53. The van der Waals surface area contributed by atoms with Gasteiger partial charge >= 0.3 is 0 Å². The quantitative estimate of drug-likeness (QED) is 0.657. The maximum atomic E-state index is 9.40. The standard InChI is InChI=1S/C19H36O2S2/c1-14(20)12-22-18-7-3-16(4-8-18)11-17-5-9-19(10-6-17)23-13-15(2)21/h14-21H,3-13H2,1-2H3. The molecule has 2 fully saturated rings. The molecular formula is C19H36O2S2. The third kappa shape index (κ3) is 8.02. The van der Waals surface area contributed by atoms with Gasteiger partial charge in [0.15, 0.2) is 0 Å². The number of rotatable bonds is 8. The molecule has 2 aliphatic carbocycles. The molecule has 0 aromatic carbocycles. The van der Waals surface area contributed by atoms with Gasteiger partial charge in [0, 0.05) is 22.0 Å². The average molecular weight is 361 g/mol. The van der Waals surface area contributed by atoms with E-state index < -0.39 is 0 Å². The Kier molecular flexibility index (Phi) is 9.17. The predicted molar refractivity (Wildman–Crippen MR) is 104 cm³/mol. The van der Waals surface area contributed by atoms with Crippen molar-refractivity contribution in [3.05, 3.63) is 0 Å². The second-order valence-electron chi connectivity index (χ2n) is 7.89. The Labute approximate surface area is 151 Å². The van der Waals surface area contributed by atoms with Crippen LogP contribution in [0.5, 0.6) is 0 Å². The molecule has 2 unspecified atom stereocenters. The van der Waals surface area contributed by atoms with Crippen LogP contribution >= 0.6 is 23.5 Å². The van der Waals surface area contributed by atoms with E-state index in [1.54, 1.807) is 0 Å². The first-order chi connectivity index (χ1) is 11.0. The highest BCUT2D eigenvalue weighted by Gasteiger charge is 2.27. The van der Waals surface area contributed by atoms with Crippen molar-refractivity contribution in [3.8, 4) is 0 Å². The largest absolute Gasteiger partial charge is 0.393 e. The van der Waals surface area contributed by atoms with Gasteiger partial charge in [-0.05, 0) is 83.5 Å². The van der Waals surface area contributed by atoms with Crippen molar-refractivity contribution in [3.63, 3.8) is 0 Å². The number of thioether (sulfide) groups is 2. The van der Waals surface area contributed by atoms with Crippen molar-refractivity contribution in [2.75, 3.05) is 11.5 Å². The third-order valence-corrected chi connectivity index (χ3v) is 8.64. The van der Waals surface area contributed by atoms with Crippen molar-refractivity contribution in [1.29, 1.82) is 0 Å². The molecule has 2 atom stereocenters. The first-order valence-corrected chi connectivity index (χ1v) is 11.7. The summed E-state index contributed by atoms with van der Waals surface area (Å²) in [6.45, 7) is 3.79. The molecule has 2 N–H and O–H groups in total. The van der Waals surface area contributed by atoms with Gasteiger partial charge in [0.2, 0.25) is 0 Å². The number of hydrogen-bond donors (Lipinski definition) is 2. The summed E-state index contributed by atoms with van der Waals surface area (Å²) in [5.41, 5.74) is 0. The molecule has 2 rings (SSSR count). The number of aliphatic hydroxyl groups is 2. The Morgan fingerprint density at radius 1 is 0.696 bits per heavy atom. The summed E-state index contributed by atoms with van der Waals surface area (Å²) in [5, 5.41) is 20.4. The fourth-order valence-electron chi connectivity index (χ4n) is 4.09. The minimum atomic E-state index is -0.153. The SMILES string of the molecule is CC(O)CSC1CCC(CC2CCC(SCC(C)O)CC2)CC1. The lowest BCUT2D eigenvalue weighted by Gasteiger charge is -2.34. The summed E-state index contributed by atoms with van der Waals surface area (Å²) in [7, 11) is 0. The van der Waals surface area contributed by atoms with Crippen LogP contribution in [0.15, 0.2) is 0 Å². The van der Waals surface area contributed by atoms with E-state index in [1.807, 2.05) is 37.4 Å². The second kappa shape index (κ2) is 10.6. The zero-order valence-electron chi connectivity index (χ0n) is 15.0. The van der Waals surface area contributed by atoms with Crippen LogP contribution in [0.25, 0.3) is 0 Å². The molecule has 0 bridgehead atoms. The summed E-state index contributed by atoms with van der Waals surface area (Å²) in [6, 6.07) is 0. The zero-order chi connectivity index (χ0) is 16.7. The Bertz CT molecular complexity index is 276. The van der Waals surface area contributed by atoms with E-state index in [-0.39, 0.29) is 12.2 Å². The summed E-state index contributed by atoms with van der Waals surface area (Å²) >= 11 is 3.98. The third-order valence-electron chi connectivity index (χ3n) is 5.40. The summed E-state index contributed by atoms with van der Waals surface area (Å²) < 4.78 is 0. The Hall–Kier alpha value is 0.620. The second-order valence-corrected chi connectivity index (χ2v) is 10.6. The highest BCUT2D eigenvalue weighted by Crippen LogP contribution is 2.40. The van der Waals surface area contributed by atoms with Gasteiger partial charge in [-0.15, -0.1) is 0 Å². The molecule has 0 aromatic heterocycles. The van der Waals surface area contributed by atoms with Crippen LogP contribution < -0.4 is 0 Å². The normalized spacial score (nSPS) is 35.0. The highest BCUT2D eigenvalue weighted by atomic mass is 32.2. The van der Waals surface area contributed by atoms with Gasteiger partial charge in [-0.2, -0.15) is 23.5 Å². The minimum absolute atomic E-state index is 0.153. The van der Waals surface area contributed by atoms with Gasteiger partial charge in [0.1, 0.15) is 0 Å². The van der Waals surface area contributed by atoms with Crippen LogP contribution in [0.1, 0.15) is 71.6 Å². The van der Waals surface area contributed by atoms with Gasteiger partial charge in [0.05, 0.1) is 12.2 Å². The smallest absolute Gasteiger partial charge is 0.0602 e. The molecular weight excluding hydrogens is 324 g/mol. The predicted octanol–water partition coefficient (Wildman–Crippen LogP) is 4.72. The molecule has 2 saturated carbocycles. The Morgan fingerprint density at radius 2 is 1.04 bits per heavy atom. The molecule has 0 heterocycles. The first-order valence-electron chi connectivity index (χ1n) is 9.62. The van der Waals surface area contributed by atoms with Crippen LogP contribution in [0.4, 0.5) is 0 Å². The van der Waals surface area contributed by atoms with Crippen LogP contribution in [-0.2, 0) is 0 Å². The molecule has 0 saturated heterocycles. The summed E-state index contributed by atoms with van der Waals surface area (Å²) in [6.07, 6.45) is 12.2. The molecule has 2 aliphatic rings. The Morgan fingerprint density at radius 3 is 1.35 bits per heavy atom. The van der Waals surface area contributed by atoms with Crippen molar-refractivity contribution >= 4 is 23.5 Å². The molecule has 2 nitrogen and oxygen atoms in total. The maximum Gasteiger partial charge on any atom is 0.0602 e. The summed E-state index contributed by atoms with van der Waals surface area (Å²) in [4.78, 5) is 0. The van der Waals surface area contributed by atoms with Crippen molar-refractivity contribution in [1.82, 2.24) is 0 Å². The summed E-state index contributed by atoms with van der Waals surface area (Å²) in [5.74, 6) is 3.74. The van der Waals surface area contributed by atoms with E-state index in [0.717, 1.165) is 33.8 Å². The Balaban J connectivity index is 1.57. The lowest BCUT2D eigenvalue weighted by atomic mass is 9.77. The minimum Gasteiger partial charge on any atom is -0.393 e. The van der Waals surface area contributed by atoms with E-state index >= 15 is 0 Å². The van der Waals surface area contributed by atoms with Gasteiger partial charge in [-0.3, -0.25) is 0 Å². The highest BCUT2D eigenvalue weighted by molar-refractivity contribution is 8.00. The molecule has 0 aliphatic heterocycles. The topological polar surface area (TPSA) is 40.5 Å². The molecule has 0 spiro atoms. The van der Waals surface area contributed by atoms with Gasteiger partial charge in [0.25, 0.3) is 0 Å². The fraction of sp³-hybridized carbons (Fsp3) is 1.00. The van der Waals surface area contributed by atoms with E-state index in [0.29, 0.717) is 0 Å². The molecule has 0 radical (unpaired) electrons. The van der Waals surface area contributed by atoms with Gasteiger partial charge in [-0.1, -0.05) is 0 Å². The van der Waals surface area contributed by atoms with E-state index in [9.17, 15) is 10.2 Å². The van der Waals surface area contributed by atoms with E-state index in [4.69, 9.17) is 0 Å². The number of hydrogen-bond acceptors (Lipinski definition) is 4. The fourth-order valence-corrected chi connectivity index (χ4v) is 6.40. The van der Waals surface area contributed by atoms with E-state index in [1.165, 1.54) is 57.8 Å². The molecule has 0 amide bonds. The molecule has 23 heavy (non-hydrogen) atoms. The van der Waals surface area contributed by atoms with E-state index in [2.05, 4.69) is 0 Å². The molecule has 4 heteroatoms. The van der Waals surface area contributed by atoms with Gasteiger partial charge < -0.3 is 10.2 Å². The monoisotopic (exact) mass is 360 g/mol. The van der Waals surface area contributed by atoms with Gasteiger partial charge in [-0.25, -0.2) is 0 Å². The maximum absolute atomic E-state index is 9.40. The van der Waals surface area contributed by atoms with Crippen LogP contribution in [0, 0.1) is 11.8 Å². The van der Waals surface area contributed by atoms with Crippen molar-refractivity contribution in [2.24, 2.45) is 11.8 Å². The lowest BCUT2D eigenvalue weighted by Crippen LogP contribution is -2.23. The lowest BCUT2D eigenvalue weighted by molar-refractivity contribution is 0.219. The first kappa shape index (κ1) is 19.9. The molecule has 136 valence electrons. The van der Waals surface area contributed by atoms with Crippen LogP contribution in [-0.4, -0.2) is 44.4 Å². The zero-order valence-corrected chi connectivity index (χ0v) is 16.6.